The number of benzene rings is 1. The maximum atomic E-state index is 12.4. The predicted molar refractivity (Wildman–Crippen MR) is 76.4 cm³/mol. The van der Waals surface area contributed by atoms with Crippen molar-refractivity contribution in [3.05, 3.63) is 41.7 Å². The zero-order valence-electron chi connectivity index (χ0n) is 11.3. The Bertz CT molecular complexity index is 565. The van der Waals surface area contributed by atoms with Crippen LogP contribution in [0.4, 0.5) is 0 Å². The Kier molecular flexibility index (Phi) is 4.37. The van der Waals surface area contributed by atoms with Gasteiger partial charge < -0.3 is 4.57 Å². The number of aromatic nitrogens is 3. The minimum atomic E-state index is -0.121. The lowest BCUT2D eigenvalue weighted by atomic mass is 10.1. The summed E-state index contributed by atoms with van der Waals surface area (Å²) in [6, 6.07) is 9.39. The van der Waals surface area contributed by atoms with E-state index in [4.69, 9.17) is 0 Å². The van der Waals surface area contributed by atoms with Crippen LogP contribution in [0.25, 0.3) is 0 Å². The Hall–Kier alpha value is -1.62. The van der Waals surface area contributed by atoms with Crippen molar-refractivity contribution in [3.63, 3.8) is 0 Å². The summed E-state index contributed by atoms with van der Waals surface area (Å²) in [6.07, 6.45) is 0.768. The number of hydrogen-bond acceptors (Lipinski definition) is 4. The Balaban J connectivity index is 2.17. The van der Waals surface area contributed by atoms with Gasteiger partial charge in [-0.25, -0.2) is 0 Å². The number of carbonyl (C=O) groups excluding carboxylic acids is 1. The Morgan fingerprint density at radius 2 is 2.00 bits per heavy atom. The van der Waals surface area contributed by atoms with E-state index >= 15 is 0 Å². The molecule has 0 aliphatic carbocycles. The number of Topliss-reactive ketones (excluding diaryl/α,β-unsaturated/α-hetero) is 1. The standard InChI is InChI=1S/C14H17N3OS/c1-4-12(13(18)11-8-6-5-7-9-11)19-14-16-15-10(2)17(14)3/h5-9,12H,4H2,1-3H3. The third-order valence-electron chi connectivity index (χ3n) is 3.02. The molecule has 1 heterocycles. The first-order valence-corrected chi connectivity index (χ1v) is 7.13. The molecular weight excluding hydrogens is 258 g/mol. The van der Waals surface area contributed by atoms with Crippen LogP contribution >= 0.6 is 11.8 Å². The molecule has 0 saturated carbocycles. The lowest BCUT2D eigenvalue weighted by molar-refractivity contribution is 0.0988. The van der Waals surface area contributed by atoms with Crippen molar-refractivity contribution in [1.29, 1.82) is 0 Å². The SMILES string of the molecule is CCC(Sc1nnc(C)n1C)C(=O)c1ccccc1. The number of aryl methyl sites for hydroxylation is 1. The molecular formula is C14H17N3OS. The van der Waals surface area contributed by atoms with E-state index in [9.17, 15) is 4.79 Å². The summed E-state index contributed by atoms with van der Waals surface area (Å²) in [5.41, 5.74) is 0.751. The maximum absolute atomic E-state index is 12.4. The highest BCUT2D eigenvalue weighted by atomic mass is 32.2. The summed E-state index contributed by atoms with van der Waals surface area (Å²) in [5, 5.41) is 8.78. The molecule has 0 bridgehead atoms. The first kappa shape index (κ1) is 13.8. The average Bonchev–Trinajstić information content (AvgIpc) is 2.76. The molecule has 1 aromatic carbocycles. The summed E-state index contributed by atoms with van der Waals surface area (Å²) < 4.78 is 1.91. The third kappa shape index (κ3) is 3.04. The van der Waals surface area contributed by atoms with E-state index in [0.717, 1.165) is 23.0 Å². The van der Waals surface area contributed by atoms with Crippen LogP contribution in [0.2, 0.25) is 0 Å². The Morgan fingerprint density at radius 1 is 1.32 bits per heavy atom. The van der Waals surface area contributed by atoms with Crippen molar-refractivity contribution in [1.82, 2.24) is 14.8 Å². The average molecular weight is 275 g/mol. The van der Waals surface area contributed by atoms with E-state index in [1.54, 1.807) is 0 Å². The quantitative estimate of drug-likeness (QED) is 0.622. The molecule has 0 amide bonds. The van der Waals surface area contributed by atoms with E-state index < -0.39 is 0 Å². The second kappa shape index (κ2) is 6.02. The van der Waals surface area contributed by atoms with Crippen LogP contribution in [-0.2, 0) is 7.05 Å². The molecule has 0 N–H and O–H groups in total. The molecule has 1 unspecified atom stereocenters. The number of rotatable bonds is 5. The van der Waals surface area contributed by atoms with Gasteiger partial charge in [-0.3, -0.25) is 4.79 Å². The molecule has 5 heteroatoms. The van der Waals surface area contributed by atoms with Gasteiger partial charge in [0.25, 0.3) is 0 Å². The van der Waals surface area contributed by atoms with Gasteiger partial charge in [0.05, 0.1) is 5.25 Å². The topological polar surface area (TPSA) is 47.8 Å². The largest absolute Gasteiger partial charge is 0.309 e. The Labute approximate surface area is 117 Å². The molecule has 1 atom stereocenters. The number of ketones is 1. The third-order valence-corrected chi connectivity index (χ3v) is 4.42. The van der Waals surface area contributed by atoms with Crippen LogP contribution in [0, 0.1) is 6.92 Å². The number of hydrogen-bond donors (Lipinski definition) is 0. The van der Waals surface area contributed by atoms with Gasteiger partial charge >= 0.3 is 0 Å². The van der Waals surface area contributed by atoms with Crippen molar-refractivity contribution >= 4 is 17.5 Å². The first-order chi connectivity index (χ1) is 9.13. The van der Waals surface area contributed by atoms with Gasteiger partial charge in [0.15, 0.2) is 10.9 Å². The fourth-order valence-corrected chi connectivity index (χ4v) is 2.77. The summed E-state index contributed by atoms with van der Waals surface area (Å²) in [5.74, 6) is 0.998. The van der Waals surface area contributed by atoms with E-state index in [1.165, 1.54) is 11.8 Å². The first-order valence-electron chi connectivity index (χ1n) is 6.25. The number of nitrogens with zero attached hydrogens (tertiary/aromatic N) is 3. The lowest BCUT2D eigenvalue weighted by Crippen LogP contribution is -2.17. The van der Waals surface area contributed by atoms with Gasteiger partial charge in [-0.15, -0.1) is 10.2 Å². The van der Waals surface area contributed by atoms with Gasteiger partial charge in [0.1, 0.15) is 5.82 Å². The molecule has 0 aliphatic heterocycles. The highest BCUT2D eigenvalue weighted by Crippen LogP contribution is 2.26. The molecule has 2 aromatic rings. The number of carbonyl (C=O) groups is 1. The number of thioether (sulfide) groups is 1. The molecule has 0 radical (unpaired) electrons. The van der Waals surface area contributed by atoms with Crippen molar-refractivity contribution in [2.45, 2.75) is 30.7 Å². The van der Waals surface area contributed by atoms with E-state index in [0.29, 0.717) is 0 Å². The molecule has 100 valence electrons. The Morgan fingerprint density at radius 3 is 2.53 bits per heavy atom. The molecule has 0 fully saturated rings. The fraction of sp³-hybridized carbons (Fsp3) is 0.357. The monoisotopic (exact) mass is 275 g/mol. The van der Waals surface area contributed by atoms with Crippen LogP contribution in [0.3, 0.4) is 0 Å². The summed E-state index contributed by atoms with van der Waals surface area (Å²) in [6.45, 7) is 3.92. The van der Waals surface area contributed by atoms with E-state index in [1.807, 2.05) is 55.8 Å². The fourth-order valence-electron chi connectivity index (χ4n) is 1.73. The van der Waals surface area contributed by atoms with Crippen molar-refractivity contribution < 1.29 is 4.79 Å². The van der Waals surface area contributed by atoms with E-state index in [-0.39, 0.29) is 11.0 Å². The van der Waals surface area contributed by atoms with Gasteiger partial charge in [0, 0.05) is 12.6 Å². The second-order valence-electron chi connectivity index (χ2n) is 4.33. The molecule has 19 heavy (non-hydrogen) atoms. The van der Waals surface area contributed by atoms with Crippen LogP contribution in [0.5, 0.6) is 0 Å². The maximum Gasteiger partial charge on any atom is 0.191 e. The van der Waals surface area contributed by atoms with Gasteiger partial charge in [0.2, 0.25) is 0 Å². The highest BCUT2D eigenvalue weighted by Gasteiger charge is 2.21. The molecule has 2 rings (SSSR count). The van der Waals surface area contributed by atoms with Crippen LogP contribution in [0.1, 0.15) is 29.5 Å². The van der Waals surface area contributed by atoms with Crippen molar-refractivity contribution in [3.8, 4) is 0 Å². The van der Waals surface area contributed by atoms with E-state index in [2.05, 4.69) is 10.2 Å². The van der Waals surface area contributed by atoms with Gasteiger partial charge in [-0.1, -0.05) is 49.0 Å². The zero-order valence-corrected chi connectivity index (χ0v) is 12.1. The smallest absolute Gasteiger partial charge is 0.191 e. The molecule has 1 aromatic heterocycles. The summed E-state index contributed by atoms with van der Waals surface area (Å²) >= 11 is 1.48. The summed E-state index contributed by atoms with van der Waals surface area (Å²) in [4.78, 5) is 12.4. The minimum absolute atomic E-state index is 0.121. The minimum Gasteiger partial charge on any atom is -0.309 e. The predicted octanol–water partition coefficient (Wildman–Crippen LogP) is 2.88. The molecule has 0 spiro atoms. The van der Waals surface area contributed by atoms with Gasteiger partial charge in [-0.05, 0) is 13.3 Å². The van der Waals surface area contributed by atoms with Crippen molar-refractivity contribution in [2.24, 2.45) is 7.05 Å². The van der Waals surface area contributed by atoms with Crippen LogP contribution < -0.4 is 0 Å². The molecule has 0 aliphatic rings. The summed E-state index contributed by atoms with van der Waals surface area (Å²) in [7, 11) is 1.91. The lowest BCUT2D eigenvalue weighted by Gasteiger charge is -2.12. The highest BCUT2D eigenvalue weighted by molar-refractivity contribution is 8.00. The van der Waals surface area contributed by atoms with Crippen LogP contribution in [0.15, 0.2) is 35.5 Å². The molecule has 0 saturated heterocycles. The second-order valence-corrected chi connectivity index (χ2v) is 5.50. The van der Waals surface area contributed by atoms with Gasteiger partial charge in [-0.2, -0.15) is 0 Å². The van der Waals surface area contributed by atoms with Crippen molar-refractivity contribution in [2.75, 3.05) is 0 Å². The zero-order chi connectivity index (χ0) is 13.8. The normalized spacial score (nSPS) is 12.4. The molecule has 4 nitrogen and oxygen atoms in total. The van der Waals surface area contributed by atoms with Crippen LogP contribution in [-0.4, -0.2) is 25.8 Å².